The van der Waals surface area contributed by atoms with Crippen molar-refractivity contribution >= 4 is 5.91 Å². The van der Waals surface area contributed by atoms with Crippen LogP contribution in [0.3, 0.4) is 0 Å². The molecular formula is C14H21FN4O. The maximum Gasteiger partial charge on any atom is 0.254 e. The summed E-state index contributed by atoms with van der Waals surface area (Å²) >= 11 is 0. The first kappa shape index (κ1) is 14.9. The van der Waals surface area contributed by atoms with Crippen molar-refractivity contribution < 1.29 is 9.18 Å². The average molecular weight is 280 g/mol. The molecule has 0 saturated carbocycles. The SMILES string of the molecule is CN1CCN(CCCNC(=O)c2ccncc2F)CC1. The number of nitrogens with one attached hydrogen (secondary N) is 1. The molecule has 1 aliphatic rings. The maximum atomic E-state index is 13.3. The Kier molecular flexibility index (Phi) is 5.43. The highest BCUT2D eigenvalue weighted by atomic mass is 19.1. The van der Waals surface area contributed by atoms with Crippen LogP contribution in [0, 0.1) is 5.82 Å². The van der Waals surface area contributed by atoms with Gasteiger partial charge in [-0.2, -0.15) is 0 Å². The molecule has 6 heteroatoms. The lowest BCUT2D eigenvalue weighted by molar-refractivity contribution is 0.0945. The number of likely N-dealkylation sites (N-methyl/N-ethyl adjacent to an activating group) is 1. The van der Waals surface area contributed by atoms with Crippen LogP contribution in [0.1, 0.15) is 16.8 Å². The van der Waals surface area contributed by atoms with Crippen LogP contribution >= 0.6 is 0 Å². The molecule has 20 heavy (non-hydrogen) atoms. The fourth-order valence-corrected chi connectivity index (χ4v) is 2.23. The minimum atomic E-state index is -0.580. The molecule has 2 rings (SSSR count). The van der Waals surface area contributed by atoms with Crippen molar-refractivity contribution in [1.82, 2.24) is 20.1 Å². The predicted molar refractivity (Wildman–Crippen MR) is 75.1 cm³/mol. The van der Waals surface area contributed by atoms with E-state index in [4.69, 9.17) is 0 Å². The van der Waals surface area contributed by atoms with Crippen LogP contribution in [-0.4, -0.2) is 67.0 Å². The number of piperazine rings is 1. The van der Waals surface area contributed by atoms with E-state index in [1.165, 1.54) is 12.3 Å². The van der Waals surface area contributed by atoms with Gasteiger partial charge in [0.2, 0.25) is 0 Å². The van der Waals surface area contributed by atoms with E-state index in [0.29, 0.717) is 6.54 Å². The second-order valence-corrected chi connectivity index (χ2v) is 5.11. The number of hydrogen-bond donors (Lipinski definition) is 1. The number of hydrogen-bond acceptors (Lipinski definition) is 4. The third kappa shape index (κ3) is 4.25. The molecule has 2 heterocycles. The quantitative estimate of drug-likeness (QED) is 0.802. The van der Waals surface area contributed by atoms with Crippen molar-refractivity contribution in [3.05, 3.63) is 29.8 Å². The normalized spacial score (nSPS) is 17.1. The van der Waals surface area contributed by atoms with Crippen LogP contribution in [0.2, 0.25) is 0 Å². The summed E-state index contributed by atoms with van der Waals surface area (Å²) in [6.07, 6.45) is 3.35. The highest BCUT2D eigenvalue weighted by Crippen LogP contribution is 2.04. The maximum absolute atomic E-state index is 13.3. The number of amides is 1. The van der Waals surface area contributed by atoms with Crippen molar-refractivity contribution in [3.8, 4) is 0 Å². The van der Waals surface area contributed by atoms with Crippen LogP contribution < -0.4 is 5.32 Å². The van der Waals surface area contributed by atoms with Crippen molar-refractivity contribution in [1.29, 1.82) is 0 Å². The fraction of sp³-hybridized carbons (Fsp3) is 0.571. The van der Waals surface area contributed by atoms with Crippen LogP contribution in [0.4, 0.5) is 4.39 Å². The van der Waals surface area contributed by atoms with Crippen LogP contribution in [0.25, 0.3) is 0 Å². The summed E-state index contributed by atoms with van der Waals surface area (Å²) in [5.74, 6) is -0.952. The van der Waals surface area contributed by atoms with E-state index in [0.717, 1.165) is 45.3 Å². The zero-order valence-electron chi connectivity index (χ0n) is 11.8. The van der Waals surface area contributed by atoms with Crippen LogP contribution in [-0.2, 0) is 0 Å². The van der Waals surface area contributed by atoms with Crippen molar-refractivity contribution in [2.45, 2.75) is 6.42 Å². The molecule has 110 valence electrons. The van der Waals surface area contributed by atoms with Gasteiger partial charge in [-0.1, -0.05) is 0 Å². The third-order valence-corrected chi connectivity index (χ3v) is 3.55. The minimum Gasteiger partial charge on any atom is -0.352 e. The van der Waals surface area contributed by atoms with Crippen molar-refractivity contribution in [3.63, 3.8) is 0 Å². The highest BCUT2D eigenvalue weighted by Gasteiger charge is 2.14. The molecule has 5 nitrogen and oxygen atoms in total. The smallest absolute Gasteiger partial charge is 0.254 e. The minimum absolute atomic E-state index is 0.0552. The average Bonchev–Trinajstić information content (AvgIpc) is 2.46. The standard InChI is InChI=1S/C14H21FN4O/c1-18-7-9-19(10-8-18)6-2-4-17-14(20)12-3-5-16-11-13(12)15/h3,5,11H,2,4,6-10H2,1H3,(H,17,20). The molecule has 1 aromatic rings. The molecule has 0 bridgehead atoms. The van der Waals surface area contributed by atoms with Gasteiger partial charge in [0.25, 0.3) is 5.91 Å². The Hall–Kier alpha value is -1.53. The van der Waals surface area contributed by atoms with E-state index >= 15 is 0 Å². The van der Waals surface area contributed by atoms with Crippen LogP contribution in [0.15, 0.2) is 18.5 Å². The number of halogens is 1. The Morgan fingerprint density at radius 2 is 2.15 bits per heavy atom. The Bertz CT molecular complexity index is 447. The van der Waals surface area contributed by atoms with E-state index in [1.54, 1.807) is 0 Å². The van der Waals surface area contributed by atoms with E-state index < -0.39 is 5.82 Å². The Morgan fingerprint density at radius 3 is 2.85 bits per heavy atom. The number of carbonyl (C=O) groups excluding carboxylic acids is 1. The molecule has 1 N–H and O–H groups in total. The molecule has 1 amide bonds. The van der Waals surface area contributed by atoms with Gasteiger partial charge in [0.05, 0.1) is 11.8 Å². The van der Waals surface area contributed by atoms with Gasteiger partial charge in [-0.3, -0.25) is 9.78 Å². The topological polar surface area (TPSA) is 48.5 Å². The van der Waals surface area contributed by atoms with Gasteiger partial charge in [-0.15, -0.1) is 0 Å². The first-order valence-corrected chi connectivity index (χ1v) is 6.95. The molecule has 0 aromatic carbocycles. The second kappa shape index (κ2) is 7.31. The predicted octanol–water partition coefficient (Wildman–Crippen LogP) is 0.588. The number of carbonyl (C=O) groups is 1. The largest absolute Gasteiger partial charge is 0.352 e. The molecular weight excluding hydrogens is 259 g/mol. The summed E-state index contributed by atoms with van der Waals surface area (Å²) in [6, 6.07) is 1.39. The number of rotatable bonds is 5. The summed E-state index contributed by atoms with van der Waals surface area (Å²) < 4.78 is 13.3. The third-order valence-electron chi connectivity index (χ3n) is 3.55. The second-order valence-electron chi connectivity index (χ2n) is 5.11. The van der Waals surface area contributed by atoms with E-state index in [-0.39, 0.29) is 11.5 Å². The molecule has 0 atom stereocenters. The van der Waals surface area contributed by atoms with Gasteiger partial charge in [0.15, 0.2) is 5.82 Å². The van der Waals surface area contributed by atoms with Crippen LogP contribution in [0.5, 0.6) is 0 Å². The van der Waals surface area contributed by atoms with Gasteiger partial charge >= 0.3 is 0 Å². The van der Waals surface area contributed by atoms with Gasteiger partial charge < -0.3 is 15.1 Å². The molecule has 0 unspecified atom stereocenters. The lowest BCUT2D eigenvalue weighted by Crippen LogP contribution is -2.45. The van der Waals surface area contributed by atoms with Gasteiger partial charge in [0, 0.05) is 38.9 Å². The van der Waals surface area contributed by atoms with E-state index in [2.05, 4.69) is 27.1 Å². The molecule has 0 radical (unpaired) electrons. The summed E-state index contributed by atoms with van der Waals surface area (Å²) in [7, 11) is 2.13. The lowest BCUT2D eigenvalue weighted by atomic mass is 10.2. The summed E-state index contributed by atoms with van der Waals surface area (Å²) in [5.41, 5.74) is 0.0552. The van der Waals surface area contributed by atoms with Gasteiger partial charge in [-0.05, 0) is 26.1 Å². The molecule has 1 aromatic heterocycles. The zero-order valence-corrected chi connectivity index (χ0v) is 11.8. The molecule has 1 saturated heterocycles. The monoisotopic (exact) mass is 280 g/mol. The number of aromatic nitrogens is 1. The van der Waals surface area contributed by atoms with Crippen molar-refractivity contribution in [2.24, 2.45) is 0 Å². The molecule has 1 fully saturated rings. The van der Waals surface area contributed by atoms with Gasteiger partial charge in [0.1, 0.15) is 0 Å². The molecule has 0 spiro atoms. The molecule has 1 aliphatic heterocycles. The Labute approximate surface area is 118 Å². The summed E-state index contributed by atoms with van der Waals surface area (Å²) in [5, 5.41) is 2.74. The zero-order chi connectivity index (χ0) is 14.4. The van der Waals surface area contributed by atoms with E-state index in [9.17, 15) is 9.18 Å². The number of nitrogens with zero attached hydrogens (tertiary/aromatic N) is 3. The number of pyridine rings is 1. The van der Waals surface area contributed by atoms with Crippen molar-refractivity contribution in [2.75, 3.05) is 46.3 Å². The molecule has 0 aliphatic carbocycles. The summed E-state index contributed by atoms with van der Waals surface area (Å²) in [4.78, 5) is 20.1. The summed E-state index contributed by atoms with van der Waals surface area (Å²) in [6.45, 7) is 5.86. The fourth-order valence-electron chi connectivity index (χ4n) is 2.23. The van der Waals surface area contributed by atoms with E-state index in [1.807, 2.05) is 0 Å². The Balaban J connectivity index is 1.66. The highest BCUT2D eigenvalue weighted by molar-refractivity contribution is 5.94. The first-order chi connectivity index (χ1) is 9.66. The first-order valence-electron chi connectivity index (χ1n) is 6.95. The van der Waals surface area contributed by atoms with Gasteiger partial charge in [-0.25, -0.2) is 4.39 Å². The lowest BCUT2D eigenvalue weighted by Gasteiger charge is -2.32. The Morgan fingerprint density at radius 1 is 1.40 bits per heavy atom.